The minimum absolute atomic E-state index is 0.0749. The van der Waals surface area contributed by atoms with Gasteiger partial charge in [-0.2, -0.15) is 0 Å². The molecular weight excluding hydrogens is 296 g/mol. The number of benzene rings is 2. The highest BCUT2D eigenvalue weighted by molar-refractivity contribution is 6.30. The van der Waals surface area contributed by atoms with Crippen molar-refractivity contribution in [1.82, 2.24) is 5.32 Å². The monoisotopic (exact) mass is 309 g/mol. The summed E-state index contributed by atoms with van der Waals surface area (Å²) in [5, 5.41) is 3.03. The van der Waals surface area contributed by atoms with E-state index in [0.717, 1.165) is 5.56 Å². The first-order chi connectivity index (χ1) is 9.95. The van der Waals surface area contributed by atoms with E-state index in [1.807, 2.05) is 0 Å². The van der Waals surface area contributed by atoms with Gasteiger partial charge in [-0.25, -0.2) is 8.78 Å². The molecule has 0 heterocycles. The van der Waals surface area contributed by atoms with Crippen molar-refractivity contribution in [3.8, 4) is 0 Å². The molecule has 0 saturated carbocycles. The minimum atomic E-state index is -0.507. The van der Waals surface area contributed by atoms with Crippen LogP contribution in [0.2, 0.25) is 5.02 Å². The maximum absolute atomic E-state index is 13.6. The lowest BCUT2D eigenvalue weighted by Gasteiger charge is -2.14. The van der Waals surface area contributed by atoms with Crippen LogP contribution in [-0.4, -0.2) is 5.91 Å². The SMILES string of the molecule is CC(NC(=O)Cc1ccc(Cl)cc1F)c1ccc(F)cc1. The number of halogens is 3. The van der Waals surface area contributed by atoms with Crippen molar-refractivity contribution in [1.29, 1.82) is 0 Å². The highest BCUT2D eigenvalue weighted by Gasteiger charge is 2.12. The van der Waals surface area contributed by atoms with Crippen LogP contribution in [0, 0.1) is 11.6 Å². The second kappa shape index (κ2) is 6.68. The zero-order chi connectivity index (χ0) is 15.4. The summed E-state index contributed by atoms with van der Waals surface area (Å²) in [4.78, 5) is 11.9. The summed E-state index contributed by atoms with van der Waals surface area (Å²) >= 11 is 5.66. The van der Waals surface area contributed by atoms with Crippen LogP contribution in [0.4, 0.5) is 8.78 Å². The normalized spacial score (nSPS) is 12.0. The fourth-order valence-corrected chi connectivity index (χ4v) is 2.12. The first-order valence-corrected chi connectivity index (χ1v) is 6.82. The Morgan fingerprint density at radius 3 is 2.48 bits per heavy atom. The highest BCUT2D eigenvalue weighted by Crippen LogP contribution is 2.16. The van der Waals surface area contributed by atoms with Gasteiger partial charge in [0.05, 0.1) is 12.5 Å². The van der Waals surface area contributed by atoms with Gasteiger partial charge in [0.2, 0.25) is 5.91 Å². The number of carbonyl (C=O) groups excluding carboxylic acids is 1. The van der Waals surface area contributed by atoms with E-state index in [1.54, 1.807) is 19.1 Å². The molecule has 0 spiro atoms. The van der Waals surface area contributed by atoms with Gasteiger partial charge in [0.1, 0.15) is 11.6 Å². The Bertz CT molecular complexity index is 643. The van der Waals surface area contributed by atoms with Crippen molar-refractivity contribution >= 4 is 17.5 Å². The van der Waals surface area contributed by atoms with Gasteiger partial charge in [0, 0.05) is 5.02 Å². The quantitative estimate of drug-likeness (QED) is 0.907. The summed E-state index contributed by atoms with van der Waals surface area (Å²) in [6, 6.07) is 9.78. The summed E-state index contributed by atoms with van der Waals surface area (Å²) in [5.41, 5.74) is 1.06. The van der Waals surface area contributed by atoms with Gasteiger partial charge in [0.15, 0.2) is 0 Å². The molecular formula is C16H14ClF2NO. The molecule has 110 valence electrons. The highest BCUT2D eigenvalue weighted by atomic mass is 35.5. The largest absolute Gasteiger partial charge is 0.349 e. The summed E-state index contributed by atoms with van der Waals surface area (Å²) in [5.74, 6) is -1.15. The average Bonchev–Trinajstić information content (AvgIpc) is 2.42. The third-order valence-electron chi connectivity index (χ3n) is 3.11. The number of nitrogens with one attached hydrogen (secondary N) is 1. The lowest BCUT2D eigenvalue weighted by Crippen LogP contribution is -2.28. The van der Waals surface area contributed by atoms with E-state index in [2.05, 4.69) is 5.32 Å². The van der Waals surface area contributed by atoms with E-state index in [1.165, 1.54) is 30.3 Å². The summed E-state index contributed by atoms with van der Waals surface area (Å²) in [7, 11) is 0. The molecule has 0 bridgehead atoms. The number of amides is 1. The molecule has 1 N–H and O–H groups in total. The van der Waals surface area contributed by atoms with Gasteiger partial charge in [0.25, 0.3) is 0 Å². The molecule has 0 aliphatic rings. The fraction of sp³-hybridized carbons (Fsp3) is 0.188. The Labute approximate surface area is 126 Å². The van der Waals surface area contributed by atoms with E-state index in [9.17, 15) is 13.6 Å². The molecule has 0 fully saturated rings. The first-order valence-electron chi connectivity index (χ1n) is 6.44. The molecule has 21 heavy (non-hydrogen) atoms. The zero-order valence-corrected chi connectivity index (χ0v) is 12.1. The number of hydrogen-bond acceptors (Lipinski definition) is 1. The van der Waals surface area contributed by atoms with Gasteiger partial charge in [-0.1, -0.05) is 29.8 Å². The van der Waals surface area contributed by atoms with Crippen LogP contribution in [0.3, 0.4) is 0 Å². The molecule has 1 unspecified atom stereocenters. The molecule has 2 rings (SSSR count). The molecule has 0 saturated heterocycles. The van der Waals surface area contributed by atoms with E-state index >= 15 is 0 Å². The Morgan fingerprint density at radius 2 is 1.86 bits per heavy atom. The third kappa shape index (κ3) is 4.26. The second-order valence-corrected chi connectivity index (χ2v) is 5.19. The predicted octanol–water partition coefficient (Wildman–Crippen LogP) is 4.04. The maximum atomic E-state index is 13.6. The number of carbonyl (C=O) groups is 1. The molecule has 2 aromatic carbocycles. The van der Waals surface area contributed by atoms with Gasteiger partial charge in [-0.15, -0.1) is 0 Å². The van der Waals surface area contributed by atoms with Crippen LogP contribution >= 0.6 is 11.6 Å². The van der Waals surface area contributed by atoms with E-state index in [-0.39, 0.29) is 34.8 Å². The molecule has 0 aliphatic heterocycles. The summed E-state index contributed by atoms with van der Waals surface area (Å²) in [6.45, 7) is 1.78. The topological polar surface area (TPSA) is 29.1 Å². The Morgan fingerprint density at radius 1 is 1.19 bits per heavy atom. The van der Waals surface area contributed by atoms with E-state index in [4.69, 9.17) is 11.6 Å². The predicted molar refractivity (Wildman–Crippen MR) is 78.1 cm³/mol. The Kier molecular flexibility index (Phi) is 4.91. The lowest BCUT2D eigenvalue weighted by molar-refractivity contribution is -0.121. The molecule has 0 aliphatic carbocycles. The maximum Gasteiger partial charge on any atom is 0.225 e. The van der Waals surface area contributed by atoms with Gasteiger partial charge >= 0.3 is 0 Å². The van der Waals surface area contributed by atoms with Crippen LogP contribution in [0.1, 0.15) is 24.1 Å². The van der Waals surface area contributed by atoms with Gasteiger partial charge in [-0.05, 0) is 42.3 Å². The number of rotatable bonds is 4. The van der Waals surface area contributed by atoms with Crippen LogP contribution in [0.5, 0.6) is 0 Å². The van der Waals surface area contributed by atoms with Crippen LogP contribution in [-0.2, 0) is 11.2 Å². The fourth-order valence-electron chi connectivity index (χ4n) is 1.97. The minimum Gasteiger partial charge on any atom is -0.349 e. The zero-order valence-electron chi connectivity index (χ0n) is 11.4. The smallest absolute Gasteiger partial charge is 0.225 e. The van der Waals surface area contributed by atoms with Gasteiger partial charge < -0.3 is 5.32 Å². The molecule has 0 radical (unpaired) electrons. The van der Waals surface area contributed by atoms with Crippen LogP contribution in [0.25, 0.3) is 0 Å². The van der Waals surface area contributed by atoms with Crippen LogP contribution in [0.15, 0.2) is 42.5 Å². The average molecular weight is 310 g/mol. The Balaban J connectivity index is 1.99. The van der Waals surface area contributed by atoms with Crippen LogP contribution < -0.4 is 5.32 Å². The Hall–Kier alpha value is -1.94. The summed E-state index contributed by atoms with van der Waals surface area (Å²) in [6.07, 6.45) is -0.0749. The molecule has 0 aromatic heterocycles. The van der Waals surface area contributed by atoms with Crippen molar-refractivity contribution < 1.29 is 13.6 Å². The molecule has 5 heteroatoms. The van der Waals surface area contributed by atoms with Crippen molar-refractivity contribution in [3.05, 3.63) is 70.2 Å². The van der Waals surface area contributed by atoms with Crippen molar-refractivity contribution in [2.75, 3.05) is 0 Å². The molecule has 1 amide bonds. The molecule has 2 aromatic rings. The van der Waals surface area contributed by atoms with Crippen molar-refractivity contribution in [2.24, 2.45) is 0 Å². The molecule has 2 nitrogen and oxygen atoms in total. The second-order valence-electron chi connectivity index (χ2n) is 4.75. The molecule has 1 atom stereocenters. The van der Waals surface area contributed by atoms with E-state index < -0.39 is 5.82 Å². The van der Waals surface area contributed by atoms with Crippen molar-refractivity contribution in [2.45, 2.75) is 19.4 Å². The third-order valence-corrected chi connectivity index (χ3v) is 3.35. The number of hydrogen-bond donors (Lipinski definition) is 1. The van der Waals surface area contributed by atoms with Crippen molar-refractivity contribution in [3.63, 3.8) is 0 Å². The lowest BCUT2D eigenvalue weighted by atomic mass is 10.1. The standard InChI is InChI=1S/C16H14ClF2NO/c1-10(11-3-6-14(18)7-4-11)20-16(21)8-12-2-5-13(17)9-15(12)19/h2-7,9-10H,8H2,1H3,(H,20,21). The first kappa shape index (κ1) is 15.4. The summed E-state index contributed by atoms with van der Waals surface area (Å²) < 4.78 is 26.4. The van der Waals surface area contributed by atoms with E-state index in [0.29, 0.717) is 0 Å². The van der Waals surface area contributed by atoms with Gasteiger partial charge in [-0.3, -0.25) is 4.79 Å².